The Hall–Kier alpha value is -1.64. The molecule has 0 saturated carbocycles. The molecule has 0 saturated heterocycles. The van der Waals surface area contributed by atoms with Gasteiger partial charge in [0.05, 0.1) is 14.1 Å². The van der Waals surface area contributed by atoms with Crippen molar-refractivity contribution < 1.29 is 9.69 Å². The molecule has 0 fully saturated rings. The van der Waals surface area contributed by atoms with Gasteiger partial charge in [-0.05, 0) is 17.7 Å². The highest BCUT2D eigenvalue weighted by Gasteiger charge is 2.25. The number of carbonyl (C=O) groups is 1. The molecule has 0 unspecified atom stereocenters. The Morgan fingerprint density at radius 3 is 2.20 bits per heavy atom. The van der Waals surface area contributed by atoms with Gasteiger partial charge < -0.3 is 4.90 Å². The predicted octanol–water partition coefficient (Wildman–Crippen LogP) is 2.28. The van der Waals surface area contributed by atoms with Crippen LogP contribution in [0.5, 0.6) is 0 Å². The first kappa shape index (κ1) is 14.8. The highest BCUT2D eigenvalue weighted by atomic mass is 35.5. The van der Waals surface area contributed by atoms with E-state index in [-0.39, 0.29) is 11.8 Å². The fourth-order valence-electron chi connectivity index (χ4n) is 2.22. The van der Waals surface area contributed by atoms with Crippen LogP contribution in [0.25, 0.3) is 0 Å². The molecule has 104 valence electrons. The van der Waals surface area contributed by atoms with Crippen molar-refractivity contribution in [3.8, 4) is 0 Å². The van der Waals surface area contributed by atoms with E-state index < -0.39 is 0 Å². The van der Waals surface area contributed by atoms with Crippen molar-refractivity contribution in [3.63, 3.8) is 0 Å². The lowest BCUT2D eigenvalue weighted by atomic mass is 9.97. The van der Waals surface area contributed by atoms with Crippen LogP contribution in [-0.2, 0) is 6.42 Å². The van der Waals surface area contributed by atoms with E-state index in [1.165, 1.54) is 0 Å². The molecule has 0 bridgehead atoms. The van der Waals surface area contributed by atoms with E-state index in [0.29, 0.717) is 6.42 Å². The molecule has 0 spiro atoms. The maximum atomic E-state index is 12.6. The van der Waals surface area contributed by atoms with Crippen LogP contribution in [0.1, 0.15) is 15.9 Å². The Kier molecular flexibility index (Phi) is 4.94. The topological polar surface area (TPSA) is 21.5 Å². The van der Waals surface area contributed by atoms with E-state index in [1.807, 2.05) is 68.7 Å². The SMILES string of the molecule is C[NH+](C)[C@@H](Cc1ccc(Cl)cc1)C(=O)c1ccccc1. The number of nitrogens with one attached hydrogen (secondary N) is 1. The molecule has 0 heterocycles. The zero-order chi connectivity index (χ0) is 14.5. The number of halogens is 1. The van der Waals surface area contributed by atoms with E-state index in [4.69, 9.17) is 11.6 Å². The average Bonchev–Trinajstić information content (AvgIpc) is 2.46. The summed E-state index contributed by atoms with van der Waals surface area (Å²) in [5.74, 6) is 0.181. The second kappa shape index (κ2) is 6.69. The van der Waals surface area contributed by atoms with Crippen molar-refractivity contribution >= 4 is 17.4 Å². The minimum absolute atomic E-state index is 0.0847. The molecule has 0 aliphatic heterocycles. The molecule has 3 heteroatoms. The summed E-state index contributed by atoms with van der Waals surface area (Å²) < 4.78 is 0. The third-order valence-corrected chi connectivity index (χ3v) is 3.68. The van der Waals surface area contributed by atoms with Crippen LogP contribution in [0.15, 0.2) is 54.6 Å². The lowest BCUT2D eigenvalue weighted by Gasteiger charge is -2.20. The zero-order valence-electron chi connectivity index (χ0n) is 11.8. The second-order valence-electron chi connectivity index (χ2n) is 5.19. The predicted molar refractivity (Wildman–Crippen MR) is 82.5 cm³/mol. The number of hydrogen-bond acceptors (Lipinski definition) is 1. The smallest absolute Gasteiger partial charge is 0.220 e. The minimum Gasteiger partial charge on any atom is -0.331 e. The number of likely N-dealkylation sites (N-methyl/N-ethyl adjacent to an activating group) is 1. The molecular weight excluding hydrogens is 270 g/mol. The summed E-state index contributed by atoms with van der Waals surface area (Å²) >= 11 is 5.90. The number of carbonyl (C=O) groups excluding carboxylic acids is 1. The number of hydrogen-bond donors (Lipinski definition) is 1. The summed E-state index contributed by atoms with van der Waals surface area (Å²) in [5, 5.41) is 0.719. The van der Waals surface area contributed by atoms with Gasteiger partial charge in [0.2, 0.25) is 5.78 Å². The Balaban J connectivity index is 2.19. The molecule has 0 amide bonds. The van der Waals surface area contributed by atoms with Crippen LogP contribution in [-0.4, -0.2) is 25.9 Å². The van der Waals surface area contributed by atoms with Crippen LogP contribution in [0.2, 0.25) is 5.02 Å². The van der Waals surface area contributed by atoms with Gasteiger partial charge in [-0.1, -0.05) is 54.1 Å². The van der Waals surface area contributed by atoms with Gasteiger partial charge in [0.15, 0.2) is 6.04 Å². The summed E-state index contributed by atoms with van der Waals surface area (Å²) in [6.07, 6.45) is 0.716. The van der Waals surface area contributed by atoms with Gasteiger partial charge in [0, 0.05) is 17.0 Å². The van der Waals surface area contributed by atoms with Gasteiger partial charge >= 0.3 is 0 Å². The van der Waals surface area contributed by atoms with Gasteiger partial charge in [0.1, 0.15) is 0 Å². The third kappa shape index (κ3) is 3.69. The van der Waals surface area contributed by atoms with Crippen LogP contribution in [0.3, 0.4) is 0 Å². The van der Waals surface area contributed by atoms with Crippen molar-refractivity contribution in [3.05, 3.63) is 70.7 Å². The van der Waals surface area contributed by atoms with E-state index in [9.17, 15) is 4.79 Å². The maximum absolute atomic E-state index is 12.6. The van der Waals surface area contributed by atoms with Crippen molar-refractivity contribution in [1.82, 2.24) is 0 Å². The molecule has 2 aromatic rings. The number of ketones is 1. The van der Waals surface area contributed by atoms with Crippen molar-refractivity contribution in [2.75, 3.05) is 14.1 Å². The molecule has 0 radical (unpaired) electrons. The first-order chi connectivity index (χ1) is 9.58. The molecule has 0 aromatic heterocycles. The largest absolute Gasteiger partial charge is 0.331 e. The lowest BCUT2D eigenvalue weighted by Crippen LogP contribution is -3.11. The van der Waals surface area contributed by atoms with E-state index >= 15 is 0 Å². The number of rotatable bonds is 5. The fourth-order valence-corrected chi connectivity index (χ4v) is 2.34. The molecular formula is C17H19ClNO+. The molecule has 1 N–H and O–H groups in total. The summed E-state index contributed by atoms with van der Waals surface area (Å²) in [6.45, 7) is 0. The molecule has 0 aliphatic rings. The van der Waals surface area contributed by atoms with Gasteiger partial charge in [-0.15, -0.1) is 0 Å². The van der Waals surface area contributed by atoms with E-state index in [0.717, 1.165) is 21.0 Å². The third-order valence-electron chi connectivity index (χ3n) is 3.42. The van der Waals surface area contributed by atoms with Crippen LogP contribution in [0.4, 0.5) is 0 Å². The Morgan fingerprint density at radius 2 is 1.65 bits per heavy atom. The second-order valence-corrected chi connectivity index (χ2v) is 5.63. The van der Waals surface area contributed by atoms with Crippen molar-refractivity contribution in [1.29, 1.82) is 0 Å². The molecule has 1 atom stereocenters. The fraction of sp³-hybridized carbons (Fsp3) is 0.235. The number of benzene rings is 2. The molecule has 2 nitrogen and oxygen atoms in total. The highest BCUT2D eigenvalue weighted by Crippen LogP contribution is 2.12. The summed E-state index contributed by atoms with van der Waals surface area (Å²) in [5.41, 5.74) is 1.90. The van der Waals surface area contributed by atoms with Gasteiger partial charge in [-0.3, -0.25) is 4.79 Å². The van der Waals surface area contributed by atoms with Crippen LogP contribution in [0, 0.1) is 0 Å². The molecule has 2 rings (SSSR count). The number of quaternary nitrogens is 1. The number of Topliss-reactive ketones (excluding diaryl/α,β-unsaturated/α-hetero) is 1. The summed E-state index contributed by atoms with van der Waals surface area (Å²) in [4.78, 5) is 13.7. The molecule has 0 aliphatic carbocycles. The minimum atomic E-state index is -0.0847. The monoisotopic (exact) mass is 288 g/mol. The van der Waals surface area contributed by atoms with Crippen molar-refractivity contribution in [2.45, 2.75) is 12.5 Å². The van der Waals surface area contributed by atoms with Crippen molar-refractivity contribution in [2.24, 2.45) is 0 Å². The van der Waals surface area contributed by atoms with Gasteiger partial charge in [-0.2, -0.15) is 0 Å². The average molecular weight is 289 g/mol. The van der Waals surface area contributed by atoms with Gasteiger partial charge in [-0.25, -0.2) is 0 Å². The van der Waals surface area contributed by atoms with E-state index in [2.05, 4.69) is 0 Å². The standard InChI is InChI=1S/C17H18ClNO/c1-19(2)16(12-13-8-10-15(18)11-9-13)17(20)14-6-4-3-5-7-14/h3-11,16H,12H2,1-2H3/p+1/t16-/m0/s1. The molecule has 2 aromatic carbocycles. The lowest BCUT2D eigenvalue weighted by molar-refractivity contribution is -0.874. The molecule has 20 heavy (non-hydrogen) atoms. The quantitative estimate of drug-likeness (QED) is 0.838. The first-order valence-corrected chi connectivity index (χ1v) is 7.09. The van der Waals surface area contributed by atoms with Crippen LogP contribution < -0.4 is 4.90 Å². The summed E-state index contributed by atoms with van der Waals surface area (Å²) in [6, 6.07) is 17.1. The Labute approximate surface area is 125 Å². The van der Waals surface area contributed by atoms with E-state index in [1.54, 1.807) is 0 Å². The van der Waals surface area contributed by atoms with Gasteiger partial charge in [0.25, 0.3) is 0 Å². The normalized spacial score (nSPS) is 12.4. The Morgan fingerprint density at radius 1 is 1.05 bits per heavy atom. The maximum Gasteiger partial charge on any atom is 0.220 e. The highest BCUT2D eigenvalue weighted by molar-refractivity contribution is 6.30. The Bertz CT molecular complexity index is 563. The van der Waals surface area contributed by atoms with Crippen LogP contribution >= 0.6 is 11.6 Å². The first-order valence-electron chi connectivity index (χ1n) is 6.71. The summed E-state index contributed by atoms with van der Waals surface area (Å²) in [7, 11) is 4.03. The zero-order valence-corrected chi connectivity index (χ0v) is 12.5.